The summed E-state index contributed by atoms with van der Waals surface area (Å²) in [5, 5.41) is 0. The van der Waals surface area contributed by atoms with Crippen molar-refractivity contribution >= 4 is 15.9 Å². The zero-order chi connectivity index (χ0) is 11.5. The largest absolute Gasteiger partial charge is 0.436 e. The van der Waals surface area contributed by atoms with Gasteiger partial charge in [-0.3, -0.25) is 0 Å². The van der Waals surface area contributed by atoms with E-state index in [2.05, 4.69) is 20.9 Å². The minimum absolute atomic E-state index is 0.160. The molecule has 0 bridgehead atoms. The normalized spacial score (nSPS) is 10.2. The highest BCUT2D eigenvalue weighted by atomic mass is 79.9. The van der Waals surface area contributed by atoms with Crippen molar-refractivity contribution in [2.24, 2.45) is 0 Å². The van der Waals surface area contributed by atoms with Gasteiger partial charge in [0.1, 0.15) is 0 Å². The smallest absolute Gasteiger partial charge is 0.219 e. The molecule has 1 heterocycles. The maximum absolute atomic E-state index is 13.4. The van der Waals surface area contributed by atoms with Crippen LogP contribution < -0.4 is 4.74 Å². The molecule has 4 heteroatoms. The first-order chi connectivity index (χ1) is 7.65. The van der Waals surface area contributed by atoms with Crippen molar-refractivity contribution in [2.45, 2.75) is 6.92 Å². The Balaban J connectivity index is 2.30. The zero-order valence-electron chi connectivity index (χ0n) is 8.58. The molecule has 0 aliphatic heterocycles. The molecule has 1 aromatic heterocycles. The van der Waals surface area contributed by atoms with Gasteiger partial charge in [0.2, 0.25) is 5.88 Å². The lowest BCUT2D eigenvalue weighted by Crippen LogP contribution is -1.91. The van der Waals surface area contributed by atoms with Crippen LogP contribution in [0.5, 0.6) is 11.6 Å². The zero-order valence-corrected chi connectivity index (χ0v) is 10.2. The van der Waals surface area contributed by atoms with Crippen molar-refractivity contribution < 1.29 is 9.13 Å². The van der Waals surface area contributed by atoms with Crippen molar-refractivity contribution in [2.75, 3.05) is 0 Å². The fourth-order valence-electron chi connectivity index (χ4n) is 1.23. The first kappa shape index (κ1) is 11.1. The highest BCUT2D eigenvalue weighted by Crippen LogP contribution is 2.26. The third-order valence-corrected chi connectivity index (χ3v) is 2.49. The lowest BCUT2D eigenvalue weighted by molar-refractivity contribution is 0.427. The van der Waals surface area contributed by atoms with Crippen molar-refractivity contribution in [1.29, 1.82) is 0 Å². The molecule has 0 N–H and O–H groups in total. The van der Waals surface area contributed by atoms with Gasteiger partial charge in [0, 0.05) is 16.7 Å². The molecule has 0 atom stereocenters. The summed E-state index contributed by atoms with van der Waals surface area (Å²) in [5.41, 5.74) is 1.01. The van der Waals surface area contributed by atoms with Crippen LogP contribution in [0, 0.1) is 12.7 Å². The molecule has 2 nitrogen and oxygen atoms in total. The highest BCUT2D eigenvalue weighted by molar-refractivity contribution is 9.10. The summed E-state index contributed by atoms with van der Waals surface area (Å²) in [5.74, 6) is 0.135. The van der Waals surface area contributed by atoms with Gasteiger partial charge < -0.3 is 4.74 Å². The van der Waals surface area contributed by atoms with Crippen LogP contribution >= 0.6 is 15.9 Å². The first-order valence-electron chi connectivity index (χ1n) is 4.71. The Morgan fingerprint density at radius 1 is 1.25 bits per heavy atom. The van der Waals surface area contributed by atoms with Gasteiger partial charge in [0.05, 0.1) is 0 Å². The van der Waals surface area contributed by atoms with Crippen LogP contribution in [-0.2, 0) is 0 Å². The molecule has 0 amide bonds. The van der Waals surface area contributed by atoms with E-state index in [0.717, 1.165) is 10.0 Å². The Kier molecular flexibility index (Phi) is 3.19. The van der Waals surface area contributed by atoms with Crippen molar-refractivity contribution in [3.05, 3.63) is 52.4 Å². The first-order valence-corrected chi connectivity index (χ1v) is 5.50. The number of hydrogen-bond acceptors (Lipinski definition) is 2. The van der Waals surface area contributed by atoms with Crippen LogP contribution in [0.1, 0.15) is 5.56 Å². The quantitative estimate of drug-likeness (QED) is 0.827. The van der Waals surface area contributed by atoms with Gasteiger partial charge in [0.25, 0.3) is 0 Å². The Labute approximate surface area is 101 Å². The van der Waals surface area contributed by atoms with Gasteiger partial charge in [0.15, 0.2) is 11.6 Å². The van der Waals surface area contributed by atoms with Crippen LogP contribution in [0.2, 0.25) is 0 Å². The Hall–Kier alpha value is -1.42. The summed E-state index contributed by atoms with van der Waals surface area (Å²) in [6, 6.07) is 8.13. The molecular weight excluding hydrogens is 273 g/mol. The van der Waals surface area contributed by atoms with Crippen LogP contribution in [0.15, 0.2) is 41.0 Å². The molecular formula is C12H9BrFNO. The SMILES string of the molecule is Cc1ccnc(Oc2cc(Br)ccc2F)c1. The van der Waals surface area contributed by atoms with Gasteiger partial charge in [-0.2, -0.15) is 0 Å². The Morgan fingerprint density at radius 3 is 2.81 bits per heavy atom. The lowest BCUT2D eigenvalue weighted by atomic mass is 10.3. The second-order valence-corrected chi connectivity index (χ2v) is 4.26. The summed E-state index contributed by atoms with van der Waals surface area (Å²) < 4.78 is 19.5. The van der Waals surface area contributed by atoms with Gasteiger partial charge in [-0.05, 0) is 36.8 Å². The summed E-state index contributed by atoms with van der Waals surface area (Å²) in [4.78, 5) is 4.00. The molecule has 0 aliphatic rings. The number of halogens is 2. The predicted octanol–water partition coefficient (Wildman–Crippen LogP) is 4.08. The number of ether oxygens (including phenoxy) is 1. The minimum Gasteiger partial charge on any atom is -0.436 e. The van der Waals surface area contributed by atoms with Crippen LogP contribution in [-0.4, -0.2) is 4.98 Å². The summed E-state index contributed by atoms with van der Waals surface area (Å²) in [7, 11) is 0. The molecule has 82 valence electrons. The van der Waals surface area contributed by atoms with Gasteiger partial charge in [-0.1, -0.05) is 15.9 Å². The van der Waals surface area contributed by atoms with E-state index in [1.165, 1.54) is 6.07 Å². The Morgan fingerprint density at radius 2 is 2.06 bits per heavy atom. The number of aryl methyl sites for hydroxylation is 1. The minimum atomic E-state index is -0.411. The molecule has 0 unspecified atom stereocenters. The molecule has 0 aliphatic carbocycles. The van der Waals surface area contributed by atoms with E-state index < -0.39 is 5.82 Å². The molecule has 0 radical (unpaired) electrons. The molecule has 2 aromatic rings. The molecule has 0 saturated heterocycles. The molecule has 0 spiro atoms. The number of hydrogen-bond donors (Lipinski definition) is 0. The highest BCUT2D eigenvalue weighted by Gasteiger charge is 2.06. The third-order valence-electron chi connectivity index (χ3n) is 2.00. The summed E-state index contributed by atoms with van der Waals surface area (Å²) >= 11 is 3.26. The van der Waals surface area contributed by atoms with Crippen molar-refractivity contribution in [1.82, 2.24) is 4.98 Å². The topological polar surface area (TPSA) is 22.1 Å². The Bertz CT molecular complexity index is 516. The summed E-state index contributed by atoms with van der Waals surface area (Å²) in [6.07, 6.45) is 1.63. The predicted molar refractivity (Wildman–Crippen MR) is 63.1 cm³/mol. The molecule has 0 saturated carbocycles. The summed E-state index contributed by atoms with van der Waals surface area (Å²) in [6.45, 7) is 1.92. The van der Waals surface area contributed by atoms with Gasteiger partial charge in [-0.25, -0.2) is 9.37 Å². The molecule has 16 heavy (non-hydrogen) atoms. The maximum atomic E-state index is 13.4. The van der Waals surface area contributed by atoms with E-state index >= 15 is 0 Å². The van der Waals surface area contributed by atoms with E-state index in [4.69, 9.17) is 4.74 Å². The van der Waals surface area contributed by atoms with Crippen LogP contribution in [0.4, 0.5) is 4.39 Å². The molecule has 0 fully saturated rings. The number of pyridine rings is 1. The van der Waals surface area contributed by atoms with Crippen LogP contribution in [0.3, 0.4) is 0 Å². The van der Waals surface area contributed by atoms with E-state index in [1.54, 1.807) is 24.4 Å². The second kappa shape index (κ2) is 4.61. The molecule has 2 rings (SSSR count). The van der Waals surface area contributed by atoms with Gasteiger partial charge in [-0.15, -0.1) is 0 Å². The van der Waals surface area contributed by atoms with Gasteiger partial charge >= 0.3 is 0 Å². The standard InChI is InChI=1S/C12H9BrFNO/c1-8-4-5-15-12(6-8)16-11-7-9(13)2-3-10(11)14/h2-7H,1H3. The van der Waals surface area contributed by atoms with E-state index in [9.17, 15) is 4.39 Å². The fourth-order valence-corrected chi connectivity index (χ4v) is 1.57. The van der Waals surface area contributed by atoms with E-state index in [-0.39, 0.29) is 5.75 Å². The van der Waals surface area contributed by atoms with Crippen LogP contribution in [0.25, 0.3) is 0 Å². The third kappa shape index (κ3) is 2.58. The maximum Gasteiger partial charge on any atom is 0.219 e. The monoisotopic (exact) mass is 281 g/mol. The van der Waals surface area contributed by atoms with Crippen molar-refractivity contribution in [3.8, 4) is 11.6 Å². The van der Waals surface area contributed by atoms with E-state index in [0.29, 0.717) is 5.88 Å². The number of rotatable bonds is 2. The average Bonchev–Trinajstić information content (AvgIpc) is 2.24. The van der Waals surface area contributed by atoms with Crippen molar-refractivity contribution in [3.63, 3.8) is 0 Å². The van der Waals surface area contributed by atoms with E-state index in [1.807, 2.05) is 13.0 Å². The number of benzene rings is 1. The number of aromatic nitrogens is 1. The lowest BCUT2D eigenvalue weighted by Gasteiger charge is -2.06. The second-order valence-electron chi connectivity index (χ2n) is 3.35. The fraction of sp³-hybridized carbons (Fsp3) is 0.0833. The average molecular weight is 282 g/mol. The molecule has 1 aromatic carbocycles. The number of nitrogens with zero attached hydrogens (tertiary/aromatic N) is 1.